The molecule has 0 aromatic rings. The molecule has 0 spiro atoms. The molecule has 1 N–H and O–H groups in total. The molecule has 1 atom stereocenters. The maximum Gasteiger partial charge on any atom is 0.00766 e. The molecule has 0 amide bonds. The van der Waals surface area contributed by atoms with Crippen molar-refractivity contribution in [3.63, 3.8) is 0 Å². The fraction of sp³-hybridized carbons (Fsp3) is 1.00. The monoisotopic (exact) mass is 252 g/mol. The molecule has 1 aliphatic heterocycles. The van der Waals surface area contributed by atoms with Crippen molar-refractivity contribution in [1.29, 1.82) is 0 Å². The van der Waals surface area contributed by atoms with Gasteiger partial charge in [0.1, 0.15) is 0 Å². The number of nitrogens with one attached hydrogen (secondary N) is 1. The van der Waals surface area contributed by atoms with Crippen molar-refractivity contribution in [2.45, 2.75) is 59.9 Å². The molecule has 1 aliphatic carbocycles. The molecule has 2 nitrogen and oxygen atoms in total. The minimum atomic E-state index is 0.539. The van der Waals surface area contributed by atoms with Gasteiger partial charge in [-0.2, -0.15) is 0 Å². The average Bonchev–Trinajstić information content (AvgIpc) is 2.64. The summed E-state index contributed by atoms with van der Waals surface area (Å²) in [4.78, 5) is 2.73. The minimum Gasteiger partial charge on any atom is -0.314 e. The van der Waals surface area contributed by atoms with Crippen LogP contribution in [0.4, 0.5) is 0 Å². The first kappa shape index (κ1) is 14.3. The van der Waals surface area contributed by atoms with Crippen LogP contribution in [0.5, 0.6) is 0 Å². The highest BCUT2D eigenvalue weighted by Gasteiger charge is 2.64. The second-order valence-electron chi connectivity index (χ2n) is 7.50. The van der Waals surface area contributed by atoms with Gasteiger partial charge >= 0.3 is 0 Å². The molecule has 18 heavy (non-hydrogen) atoms. The summed E-state index contributed by atoms with van der Waals surface area (Å²) in [6.07, 6.45) is 3.91. The minimum absolute atomic E-state index is 0.539. The number of nitrogens with zero attached hydrogens (tertiary/aromatic N) is 1. The van der Waals surface area contributed by atoms with Crippen LogP contribution < -0.4 is 5.32 Å². The molecule has 0 bridgehead atoms. The zero-order valence-electron chi connectivity index (χ0n) is 13.1. The van der Waals surface area contributed by atoms with Gasteiger partial charge in [-0.05, 0) is 55.6 Å². The third kappa shape index (κ3) is 2.60. The van der Waals surface area contributed by atoms with Gasteiger partial charge < -0.3 is 10.2 Å². The standard InChI is InChI=1S/C16H32N2/c1-6-13-8-11-18(10-7-9-17-13)12-14-15(2,3)16(14,4)5/h13-14,17H,6-12H2,1-5H3. The third-order valence-electron chi connectivity index (χ3n) is 6.13. The van der Waals surface area contributed by atoms with Crippen molar-refractivity contribution < 1.29 is 0 Å². The molecule has 2 heteroatoms. The van der Waals surface area contributed by atoms with E-state index in [0.29, 0.717) is 10.8 Å². The summed E-state index contributed by atoms with van der Waals surface area (Å²) in [5.74, 6) is 0.887. The Kier molecular flexibility index (Phi) is 4.08. The lowest BCUT2D eigenvalue weighted by Gasteiger charge is -2.29. The molecule has 1 saturated heterocycles. The van der Waals surface area contributed by atoms with E-state index in [1.807, 2.05) is 0 Å². The van der Waals surface area contributed by atoms with Crippen molar-refractivity contribution in [2.24, 2.45) is 16.7 Å². The third-order valence-corrected chi connectivity index (χ3v) is 6.13. The Morgan fingerprint density at radius 1 is 1.11 bits per heavy atom. The van der Waals surface area contributed by atoms with Crippen LogP contribution in [-0.2, 0) is 0 Å². The van der Waals surface area contributed by atoms with Crippen molar-refractivity contribution in [1.82, 2.24) is 10.2 Å². The normalized spacial score (nSPS) is 32.8. The summed E-state index contributed by atoms with van der Waals surface area (Å²) in [5.41, 5.74) is 1.08. The molecule has 1 heterocycles. The smallest absolute Gasteiger partial charge is 0.00766 e. The Morgan fingerprint density at radius 3 is 2.33 bits per heavy atom. The molecule has 0 aromatic heterocycles. The predicted molar refractivity (Wildman–Crippen MR) is 78.8 cm³/mol. The molecular formula is C16H32N2. The van der Waals surface area contributed by atoms with Gasteiger partial charge in [-0.3, -0.25) is 0 Å². The van der Waals surface area contributed by atoms with Gasteiger partial charge in [0.05, 0.1) is 0 Å². The number of hydrogen-bond donors (Lipinski definition) is 1. The second kappa shape index (κ2) is 5.13. The zero-order chi connectivity index (χ0) is 13.4. The Hall–Kier alpha value is -0.0800. The van der Waals surface area contributed by atoms with Crippen molar-refractivity contribution in [2.75, 3.05) is 26.2 Å². The summed E-state index contributed by atoms with van der Waals surface area (Å²) in [6.45, 7) is 17.2. The van der Waals surface area contributed by atoms with E-state index >= 15 is 0 Å². The zero-order valence-corrected chi connectivity index (χ0v) is 13.1. The van der Waals surface area contributed by atoms with Crippen LogP contribution >= 0.6 is 0 Å². The van der Waals surface area contributed by atoms with Gasteiger partial charge in [-0.25, -0.2) is 0 Å². The molecule has 0 aromatic carbocycles. The fourth-order valence-corrected chi connectivity index (χ4v) is 3.74. The van der Waals surface area contributed by atoms with Gasteiger partial charge in [-0.1, -0.05) is 34.6 Å². The lowest BCUT2D eigenvalue weighted by Crippen LogP contribution is -2.40. The first-order chi connectivity index (χ1) is 8.39. The molecule has 2 rings (SSSR count). The predicted octanol–water partition coefficient (Wildman–Crippen LogP) is 3.13. The van der Waals surface area contributed by atoms with Gasteiger partial charge in [0.15, 0.2) is 0 Å². The Balaban J connectivity index is 1.86. The fourth-order valence-electron chi connectivity index (χ4n) is 3.74. The number of rotatable bonds is 3. The summed E-state index contributed by atoms with van der Waals surface area (Å²) in [5, 5.41) is 3.67. The highest BCUT2D eigenvalue weighted by atomic mass is 15.1. The van der Waals surface area contributed by atoms with E-state index in [4.69, 9.17) is 0 Å². The van der Waals surface area contributed by atoms with Crippen LogP contribution in [0.3, 0.4) is 0 Å². The molecular weight excluding hydrogens is 220 g/mol. The lowest BCUT2D eigenvalue weighted by molar-refractivity contribution is 0.212. The van der Waals surface area contributed by atoms with Crippen LogP contribution in [0.25, 0.3) is 0 Å². The molecule has 1 saturated carbocycles. The van der Waals surface area contributed by atoms with Crippen LogP contribution in [0.15, 0.2) is 0 Å². The van der Waals surface area contributed by atoms with Crippen molar-refractivity contribution >= 4 is 0 Å². The van der Waals surface area contributed by atoms with Gasteiger partial charge in [-0.15, -0.1) is 0 Å². The topological polar surface area (TPSA) is 15.3 Å². The van der Waals surface area contributed by atoms with E-state index < -0.39 is 0 Å². The van der Waals surface area contributed by atoms with Gasteiger partial charge in [0.25, 0.3) is 0 Å². The lowest BCUT2D eigenvalue weighted by atomic mass is 10.0. The van der Waals surface area contributed by atoms with Crippen LogP contribution in [0, 0.1) is 16.7 Å². The maximum atomic E-state index is 3.67. The van der Waals surface area contributed by atoms with Crippen LogP contribution in [0.2, 0.25) is 0 Å². The van der Waals surface area contributed by atoms with E-state index in [9.17, 15) is 0 Å². The molecule has 1 unspecified atom stereocenters. The maximum absolute atomic E-state index is 3.67. The summed E-state index contributed by atoms with van der Waals surface area (Å²) < 4.78 is 0. The first-order valence-corrected chi connectivity index (χ1v) is 7.85. The Labute approximate surface area is 114 Å². The van der Waals surface area contributed by atoms with Gasteiger partial charge in [0, 0.05) is 12.6 Å². The molecule has 2 fully saturated rings. The molecule has 0 radical (unpaired) electrons. The quantitative estimate of drug-likeness (QED) is 0.830. The van der Waals surface area contributed by atoms with E-state index in [1.54, 1.807) is 0 Å². The van der Waals surface area contributed by atoms with Crippen LogP contribution in [0.1, 0.15) is 53.9 Å². The van der Waals surface area contributed by atoms with E-state index in [2.05, 4.69) is 44.8 Å². The van der Waals surface area contributed by atoms with Crippen molar-refractivity contribution in [3.05, 3.63) is 0 Å². The SMILES string of the molecule is CCC1CCN(CC2C(C)(C)C2(C)C)CCCN1. The Morgan fingerprint density at radius 2 is 1.78 bits per heavy atom. The molecule has 2 aliphatic rings. The highest BCUT2D eigenvalue weighted by Crippen LogP contribution is 2.68. The Bertz CT molecular complexity index is 269. The summed E-state index contributed by atoms with van der Waals surface area (Å²) in [7, 11) is 0. The van der Waals surface area contributed by atoms with Crippen molar-refractivity contribution in [3.8, 4) is 0 Å². The first-order valence-electron chi connectivity index (χ1n) is 7.85. The van der Waals surface area contributed by atoms with E-state index in [1.165, 1.54) is 45.4 Å². The number of hydrogen-bond acceptors (Lipinski definition) is 2. The highest BCUT2D eigenvalue weighted by molar-refractivity contribution is 5.13. The second-order valence-corrected chi connectivity index (χ2v) is 7.50. The van der Waals surface area contributed by atoms with E-state index in [-0.39, 0.29) is 0 Å². The summed E-state index contributed by atoms with van der Waals surface area (Å²) in [6, 6.07) is 0.744. The average molecular weight is 252 g/mol. The van der Waals surface area contributed by atoms with E-state index in [0.717, 1.165) is 12.0 Å². The largest absolute Gasteiger partial charge is 0.314 e. The molecule has 106 valence electrons. The van der Waals surface area contributed by atoms with Crippen LogP contribution in [-0.4, -0.2) is 37.1 Å². The summed E-state index contributed by atoms with van der Waals surface area (Å²) >= 11 is 0. The van der Waals surface area contributed by atoms with Gasteiger partial charge in [0.2, 0.25) is 0 Å².